The van der Waals surface area contributed by atoms with E-state index in [1.165, 1.54) is 0 Å². The summed E-state index contributed by atoms with van der Waals surface area (Å²) in [5.74, 6) is -0.993. The second-order valence-electron chi connectivity index (χ2n) is 5.82. The number of rotatable bonds is 5. The standard InChI is InChI=1S/C19H19NO4/c21-18(15-10-11-24-17-9-5-4-8-14(15)17)20-16(19(22)23)12-13-6-2-1-3-7-13/h1-9,15-16H,10-12H2,(H,20,21)(H,22,23). The molecule has 2 aromatic carbocycles. The number of hydrogen-bond donors (Lipinski definition) is 2. The molecule has 1 aliphatic heterocycles. The molecule has 1 aliphatic rings. The zero-order chi connectivity index (χ0) is 16.9. The van der Waals surface area contributed by atoms with Gasteiger partial charge in [-0.25, -0.2) is 4.79 Å². The van der Waals surface area contributed by atoms with Crippen molar-refractivity contribution in [3.8, 4) is 5.75 Å². The fourth-order valence-electron chi connectivity index (χ4n) is 2.94. The number of benzene rings is 2. The largest absolute Gasteiger partial charge is 0.493 e. The van der Waals surface area contributed by atoms with Gasteiger partial charge >= 0.3 is 5.97 Å². The van der Waals surface area contributed by atoms with E-state index in [2.05, 4.69) is 5.32 Å². The molecule has 2 N–H and O–H groups in total. The molecule has 0 saturated heterocycles. The second kappa shape index (κ2) is 7.17. The first-order valence-electron chi connectivity index (χ1n) is 7.94. The molecule has 5 heteroatoms. The number of carbonyl (C=O) groups is 2. The number of carbonyl (C=O) groups excluding carboxylic acids is 1. The molecule has 0 spiro atoms. The molecule has 0 radical (unpaired) electrons. The van der Waals surface area contributed by atoms with E-state index in [-0.39, 0.29) is 18.2 Å². The smallest absolute Gasteiger partial charge is 0.326 e. The Morgan fingerprint density at radius 1 is 1.12 bits per heavy atom. The number of carboxylic acid groups (broad SMARTS) is 1. The topological polar surface area (TPSA) is 75.6 Å². The van der Waals surface area contributed by atoms with Crippen molar-refractivity contribution in [2.75, 3.05) is 6.61 Å². The zero-order valence-electron chi connectivity index (χ0n) is 13.1. The highest BCUT2D eigenvalue weighted by Crippen LogP contribution is 2.33. The zero-order valence-corrected chi connectivity index (χ0v) is 13.1. The Morgan fingerprint density at radius 3 is 2.58 bits per heavy atom. The van der Waals surface area contributed by atoms with E-state index in [4.69, 9.17) is 4.74 Å². The van der Waals surface area contributed by atoms with Gasteiger partial charge in [-0.2, -0.15) is 0 Å². The van der Waals surface area contributed by atoms with Gasteiger partial charge in [-0.15, -0.1) is 0 Å². The van der Waals surface area contributed by atoms with E-state index in [1.807, 2.05) is 54.6 Å². The van der Waals surface area contributed by atoms with E-state index in [0.29, 0.717) is 18.8 Å². The van der Waals surface area contributed by atoms with E-state index < -0.39 is 12.0 Å². The summed E-state index contributed by atoms with van der Waals surface area (Å²) in [4.78, 5) is 24.2. The lowest BCUT2D eigenvalue weighted by Crippen LogP contribution is -2.45. The van der Waals surface area contributed by atoms with E-state index in [9.17, 15) is 14.7 Å². The second-order valence-corrected chi connectivity index (χ2v) is 5.82. The van der Waals surface area contributed by atoms with Crippen LogP contribution in [0, 0.1) is 0 Å². The predicted molar refractivity (Wildman–Crippen MR) is 89.0 cm³/mol. The summed E-state index contributed by atoms with van der Waals surface area (Å²) in [6.07, 6.45) is 0.799. The van der Waals surface area contributed by atoms with Crippen molar-refractivity contribution in [1.82, 2.24) is 5.32 Å². The molecule has 0 aromatic heterocycles. The van der Waals surface area contributed by atoms with Crippen molar-refractivity contribution >= 4 is 11.9 Å². The van der Waals surface area contributed by atoms with Gasteiger partial charge in [0.15, 0.2) is 0 Å². The summed E-state index contributed by atoms with van der Waals surface area (Å²) in [5, 5.41) is 12.1. The summed E-state index contributed by atoms with van der Waals surface area (Å²) < 4.78 is 5.56. The summed E-state index contributed by atoms with van der Waals surface area (Å²) in [6, 6.07) is 15.7. The van der Waals surface area contributed by atoms with Crippen LogP contribution in [-0.4, -0.2) is 29.6 Å². The number of aliphatic carboxylic acids is 1. The third kappa shape index (κ3) is 3.56. The number of para-hydroxylation sites is 1. The van der Waals surface area contributed by atoms with Crippen LogP contribution >= 0.6 is 0 Å². The molecule has 2 atom stereocenters. The Bertz CT molecular complexity index is 729. The maximum Gasteiger partial charge on any atom is 0.326 e. The lowest BCUT2D eigenvalue weighted by atomic mass is 9.92. The van der Waals surface area contributed by atoms with Gasteiger partial charge in [0.25, 0.3) is 0 Å². The minimum Gasteiger partial charge on any atom is -0.493 e. The fourth-order valence-corrected chi connectivity index (χ4v) is 2.94. The molecule has 0 fully saturated rings. The summed E-state index contributed by atoms with van der Waals surface area (Å²) in [6.45, 7) is 0.450. The highest BCUT2D eigenvalue weighted by atomic mass is 16.5. The Balaban J connectivity index is 1.74. The van der Waals surface area contributed by atoms with Crippen LogP contribution in [0.3, 0.4) is 0 Å². The third-order valence-electron chi connectivity index (χ3n) is 4.17. The molecule has 2 aromatic rings. The molecule has 1 amide bonds. The summed E-state index contributed by atoms with van der Waals surface area (Å²) in [7, 11) is 0. The number of carboxylic acids is 1. The van der Waals surface area contributed by atoms with E-state index >= 15 is 0 Å². The number of nitrogens with one attached hydrogen (secondary N) is 1. The molecule has 0 saturated carbocycles. The Morgan fingerprint density at radius 2 is 1.83 bits per heavy atom. The SMILES string of the molecule is O=C(O)C(Cc1ccccc1)NC(=O)C1CCOc2ccccc21. The first-order valence-corrected chi connectivity index (χ1v) is 7.94. The van der Waals surface area contributed by atoms with Crippen LogP contribution in [0.5, 0.6) is 5.75 Å². The first-order chi connectivity index (χ1) is 11.6. The van der Waals surface area contributed by atoms with Gasteiger partial charge in [0.05, 0.1) is 12.5 Å². The quantitative estimate of drug-likeness (QED) is 0.885. The van der Waals surface area contributed by atoms with Gasteiger partial charge in [0.2, 0.25) is 5.91 Å². The summed E-state index contributed by atoms with van der Waals surface area (Å²) >= 11 is 0. The molecule has 2 unspecified atom stereocenters. The van der Waals surface area contributed by atoms with Crippen LogP contribution < -0.4 is 10.1 Å². The Kier molecular flexibility index (Phi) is 4.79. The Hall–Kier alpha value is -2.82. The molecule has 0 aliphatic carbocycles. The molecule has 5 nitrogen and oxygen atoms in total. The van der Waals surface area contributed by atoms with Gasteiger partial charge in [0, 0.05) is 12.0 Å². The van der Waals surface area contributed by atoms with Crippen LogP contribution in [0.25, 0.3) is 0 Å². The van der Waals surface area contributed by atoms with Crippen molar-refractivity contribution < 1.29 is 19.4 Å². The molecule has 3 rings (SSSR count). The van der Waals surface area contributed by atoms with Gasteiger partial charge < -0.3 is 15.2 Å². The highest BCUT2D eigenvalue weighted by Gasteiger charge is 2.30. The van der Waals surface area contributed by atoms with E-state index in [1.54, 1.807) is 0 Å². The van der Waals surface area contributed by atoms with Crippen LogP contribution in [-0.2, 0) is 16.0 Å². The maximum atomic E-state index is 12.6. The number of fused-ring (bicyclic) bond motifs is 1. The van der Waals surface area contributed by atoms with Crippen molar-refractivity contribution in [3.63, 3.8) is 0 Å². The summed E-state index contributed by atoms with van der Waals surface area (Å²) in [5.41, 5.74) is 1.68. The number of amides is 1. The molecular formula is C19H19NO4. The molecule has 24 heavy (non-hydrogen) atoms. The minimum absolute atomic E-state index is 0.257. The van der Waals surface area contributed by atoms with Crippen LogP contribution in [0.1, 0.15) is 23.5 Å². The van der Waals surface area contributed by atoms with Crippen LogP contribution in [0.15, 0.2) is 54.6 Å². The monoisotopic (exact) mass is 325 g/mol. The predicted octanol–water partition coefficient (Wildman–Crippen LogP) is 2.36. The lowest BCUT2D eigenvalue weighted by Gasteiger charge is -2.26. The highest BCUT2D eigenvalue weighted by molar-refractivity contribution is 5.89. The molecule has 124 valence electrons. The van der Waals surface area contributed by atoms with Crippen molar-refractivity contribution in [2.24, 2.45) is 0 Å². The Labute approximate surface area is 140 Å². The van der Waals surface area contributed by atoms with Crippen molar-refractivity contribution in [1.29, 1.82) is 0 Å². The van der Waals surface area contributed by atoms with Gasteiger partial charge in [-0.3, -0.25) is 4.79 Å². The minimum atomic E-state index is -1.03. The fraction of sp³-hybridized carbons (Fsp3) is 0.263. The average Bonchev–Trinajstić information content (AvgIpc) is 2.61. The van der Waals surface area contributed by atoms with E-state index in [0.717, 1.165) is 11.1 Å². The number of hydrogen-bond acceptors (Lipinski definition) is 3. The molecular weight excluding hydrogens is 306 g/mol. The van der Waals surface area contributed by atoms with Crippen LogP contribution in [0.4, 0.5) is 0 Å². The van der Waals surface area contributed by atoms with Crippen molar-refractivity contribution in [2.45, 2.75) is 24.8 Å². The first kappa shape index (κ1) is 16.1. The number of ether oxygens (including phenoxy) is 1. The van der Waals surface area contributed by atoms with Gasteiger partial charge in [-0.1, -0.05) is 48.5 Å². The van der Waals surface area contributed by atoms with Crippen LogP contribution in [0.2, 0.25) is 0 Å². The molecule has 0 bridgehead atoms. The third-order valence-corrected chi connectivity index (χ3v) is 4.17. The lowest BCUT2D eigenvalue weighted by molar-refractivity contribution is -0.142. The average molecular weight is 325 g/mol. The van der Waals surface area contributed by atoms with Gasteiger partial charge in [-0.05, 0) is 18.1 Å². The molecule has 1 heterocycles. The van der Waals surface area contributed by atoms with Gasteiger partial charge in [0.1, 0.15) is 11.8 Å². The maximum absolute atomic E-state index is 12.6. The van der Waals surface area contributed by atoms with Crippen molar-refractivity contribution in [3.05, 3.63) is 65.7 Å². The normalized spacial score (nSPS) is 17.2.